The van der Waals surface area contributed by atoms with Crippen molar-refractivity contribution in [3.8, 4) is 11.5 Å². The van der Waals surface area contributed by atoms with Crippen LogP contribution in [0.25, 0.3) is 22.6 Å². The molecule has 1 amide bonds. The Bertz CT molecular complexity index is 1340. The number of benzene rings is 3. The number of hydrogen-bond acceptors (Lipinski definition) is 4. The van der Waals surface area contributed by atoms with E-state index in [1.165, 1.54) is 11.6 Å². The highest BCUT2D eigenvalue weighted by Crippen LogP contribution is 2.28. The lowest BCUT2D eigenvalue weighted by molar-refractivity contribution is 0.0978. The van der Waals surface area contributed by atoms with E-state index >= 15 is 0 Å². The molecular formula is C25H21Cl2N3O2S. The summed E-state index contributed by atoms with van der Waals surface area (Å²) in [5.74, 6) is 0.597. The van der Waals surface area contributed by atoms with Gasteiger partial charge in [-0.3, -0.25) is 10.1 Å². The van der Waals surface area contributed by atoms with Crippen molar-refractivity contribution < 1.29 is 9.21 Å². The summed E-state index contributed by atoms with van der Waals surface area (Å²) in [5.41, 5.74) is 4.68. The fourth-order valence-electron chi connectivity index (χ4n) is 3.31. The van der Waals surface area contributed by atoms with Crippen molar-refractivity contribution >= 4 is 63.2 Å². The predicted octanol–water partition coefficient (Wildman–Crippen LogP) is 7.44. The van der Waals surface area contributed by atoms with Crippen LogP contribution in [0.5, 0.6) is 0 Å². The van der Waals surface area contributed by atoms with Gasteiger partial charge in [-0.2, -0.15) is 0 Å². The first-order valence-corrected chi connectivity index (χ1v) is 11.6. The van der Waals surface area contributed by atoms with Gasteiger partial charge in [0.25, 0.3) is 5.91 Å². The second-order valence-corrected chi connectivity index (χ2v) is 8.92. The molecule has 1 atom stereocenters. The molecule has 1 aromatic heterocycles. The maximum absolute atomic E-state index is 12.4. The third-order valence-corrected chi connectivity index (χ3v) is 6.14. The van der Waals surface area contributed by atoms with Gasteiger partial charge >= 0.3 is 0 Å². The molecule has 0 saturated heterocycles. The molecule has 4 rings (SSSR count). The Kier molecular flexibility index (Phi) is 6.98. The van der Waals surface area contributed by atoms with E-state index in [0.29, 0.717) is 22.5 Å². The van der Waals surface area contributed by atoms with Gasteiger partial charge < -0.3 is 9.73 Å². The molecule has 1 heterocycles. The van der Waals surface area contributed by atoms with Crippen LogP contribution in [0.1, 0.15) is 42.1 Å². The minimum atomic E-state index is -0.422. The fourth-order valence-corrected chi connectivity index (χ4v) is 4.02. The van der Waals surface area contributed by atoms with Crippen LogP contribution in [-0.2, 0) is 0 Å². The molecule has 33 heavy (non-hydrogen) atoms. The summed E-state index contributed by atoms with van der Waals surface area (Å²) in [4.78, 5) is 17.0. The third kappa shape index (κ3) is 5.36. The lowest BCUT2D eigenvalue weighted by Gasteiger charge is -2.10. The number of fused-ring (bicyclic) bond motifs is 1. The zero-order chi connectivity index (χ0) is 23.5. The zero-order valence-corrected chi connectivity index (χ0v) is 20.3. The monoisotopic (exact) mass is 497 g/mol. The number of thiocarbonyl (C=S) groups is 1. The van der Waals surface area contributed by atoms with Crippen LogP contribution in [0.2, 0.25) is 10.0 Å². The van der Waals surface area contributed by atoms with Crippen LogP contribution in [0.15, 0.2) is 65.1 Å². The van der Waals surface area contributed by atoms with Crippen molar-refractivity contribution in [3.05, 3.63) is 81.8 Å². The Morgan fingerprint density at radius 2 is 1.85 bits per heavy atom. The molecule has 0 radical (unpaired) electrons. The molecule has 168 valence electrons. The number of anilines is 1. The number of rotatable bonds is 5. The SMILES string of the molecule is CC[C@@H](C)c1ccc2oc(-c3ccc(NC(=S)NC(=O)c4ccc(Cl)cc4Cl)cc3)nc2c1. The van der Waals surface area contributed by atoms with E-state index in [0.717, 1.165) is 23.1 Å². The number of aromatic nitrogens is 1. The number of amides is 1. The minimum absolute atomic E-state index is 0.151. The van der Waals surface area contributed by atoms with Crippen molar-refractivity contribution in [2.24, 2.45) is 0 Å². The average molecular weight is 498 g/mol. The Morgan fingerprint density at radius 1 is 1.09 bits per heavy atom. The van der Waals surface area contributed by atoms with Gasteiger partial charge in [0.05, 0.1) is 10.6 Å². The number of carbonyl (C=O) groups excluding carboxylic acids is 1. The van der Waals surface area contributed by atoms with Gasteiger partial charge in [0.15, 0.2) is 10.7 Å². The van der Waals surface area contributed by atoms with E-state index < -0.39 is 5.91 Å². The normalized spacial score (nSPS) is 11.9. The molecule has 0 aliphatic heterocycles. The second kappa shape index (κ2) is 9.91. The van der Waals surface area contributed by atoms with Crippen LogP contribution in [0, 0.1) is 0 Å². The molecule has 3 aromatic carbocycles. The number of nitrogens with one attached hydrogen (secondary N) is 2. The topological polar surface area (TPSA) is 67.2 Å². The highest BCUT2D eigenvalue weighted by Gasteiger charge is 2.13. The number of nitrogens with zero attached hydrogens (tertiary/aromatic N) is 1. The second-order valence-electron chi connectivity index (χ2n) is 7.67. The van der Waals surface area contributed by atoms with E-state index in [9.17, 15) is 4.79 Å². The fraction of sp³-hybridized carbons (Fsp3) is 0.160. The molecule has 0 fully saturated rings. The van der Waals surface area contributed by atoms with Crippen molar-refractivity contribution in [1.29, 1.82) is 0 Å². The van der Waals surface area contributed by atoms with Crippen molar-refractivity contribution in [2.75, 3.05) is 5.32 Å². The van der Waals surface area contributed by atoms with Crippen molar-refractivity contribution in [3.63, 3.8) is 0 Å². The summed E-state index contributed by atoms with van der Waals surface area (Å²) >= 11 is 17.2. The van der Waals surface area contributed by atoms with Crippen LogP contribution in [0.3, 0.4) is 0 Å². The molecule has 5 nitrogen and oxygen atoms in total. The highest BCUT2D eigenvalue weighted by molar-refractivity contribution is 7.80. The standard InChI is InChI=1S/C25H21Cl2N3O2S/c1-3-14(2)16-6-11-22-21(12-16)29-24(32-22)15-4-8-18(9-5-15)28-25(33)30-23(31)19-10-7-17(26)13-20(19)27/h4-14H,3H2,1-2H3,(H2,28,30,31,33)/t14-/m1/s1. The van der Waals surface area contributed by atoms with Gasteiger partial charge in [-0.05, 0) is 84.7 Å². The molecule has 0 bridgehead atoms. The largest absolute Gasteiger partial charge is 0.436 e. The van der Waals surface area contributed by atoms with Crippen molar-refractivity contribution in [2.45, 2.75) is 26.2 Å². The summed E-state index contributed by atoms with van der Waals surface area (Å²) < 4.78 is 5.93. The number of hydrogen-bond donors (Lipinski definition) is 2. The number of carbonyl (C=O) groups is 1. The quantitative estimate of drug-likeness (QED) is 0.280. The molecule has 0 aliphatic rings. The lowest BCUT2D eigenvalue weighted by Crippen LogP contribution is -2.34. The molecule has 0 spiro atoms. The number of halogens is 2. The van der Waals surface area contributed by atoms with E-state index in [4.69, 9.17) is 39.8 Å². The predicted molar refractivity (Wildman–Crippen MR) is 138 cm³/mol. The van der Waals surface area contributed by atoms with E-state index in [-0.39, 0.29) is 15.7 Å². The van der Waals surface area contributed by atoms with Crippen molar-refractivity contribution in [1.82, 2.24) is 10.3 Å². The van der Waals surface area contributed by atoms with E-state index in [1.807, 2.05) is 30.3 Å². The summed E-state index contributed by atoms with van der Waals surface area (Å²) in [6, 6.07) is 18.2. The summed E-state index contributed by atoms with van der Waals surface area (Å²) in [5, 5.41) is 6.45. The molecule has 8 heteroatoms. The van der Waals surface area contributed by atoms with Crippen LogP contribution >= 0.6 is 35.4 Å². The molecule has 0 saturated carbocycles. The lowest BCUT2D eigenvalue weighted by atomic mass is 9.98. The summed E-state index contributed by atoms with van der Waals surface area (Å²) in [6.45, 7) is 4.37. The number of oxazole rings is 1. The van der Waals surface area contributed by atoms with E-state index in [2.05, 4.69) is 41.6 Å². The first kappa shape index (κ1) is 23.2. The van der Waals surface area contributed by atoms with Crippen LogP contribution in [-0.4, -0.2) is 16.0 Å². The molecule has 4 aromatic rings. The highest BCUT2D eigenvalue weighted by atomic mass is 35.5. The van der Waals surface area contributed by atoms with Gasteiger partial charge in [-0.25, -0.2) is 4.98 Å². The van der Waals surface area contributed by atoms with Gasteiger partial charge in [0.2, 0.25) is 5.89 Å². The molecular weight excluding hydrogens is 477 g/mol. The van der Waals surface area contributed by atoms with Crippen LogP contribution < -0.4 is 10.6 Å². The Balaban J connectivity index is 1.43. The average Bonchev–Trinajstić information content (AvgIpc) is 3.22. The van der Waals surface area contributed by atoms with Crippen LogP contribution in [0.4, 0.5) is 5.69 Å². The Morgan fingerprint density at radius 3 is 2.55 bits per heavy atom. The summed E-state index contributed by atoms with van der Waals surface area (Å²) in [6.07, 6.45) is 1.07. The first-order valence-electron chi connectivity index (χ1n) is 10.4. The Labute approximate surface area is 207 Å². The van der Waals surface area contributed by atoms with E-state index in [1.54, 1.807) is 12.1 Å². The smallest absolute Gasteiger partial charge is 0.258 e. The maximum Gasteiger partial charge on any atom is 0.258 e. The zero-order valence-electron chi connectivity index (χ0n) is 18.0. The Hall–Kier alpha value is -2.93. The molecule has 0 unspecified atom stereocenters. The molecule has 0 aliphatic carbocycles. The first-order chi connectivity index (χ1) is 15.8. The maximum atomic E-state index is 12.4. The van der Waals surface area contributed by atoms with Gasteiger partial charge in [0, 0.05) is 16.3 Å². The summed E-state index contributed by atoms with van der Waals surface area (Å²) in [7, 11) is 0. The van der Waals surface area contributed by atoms with Gasteiger partial charge in [0.1, 0.15) is 5.52 Å². The van der Waals surface area contributed by atoms with Gasteiger partial charge in [-0.15, -0.1) is 0 Å². The molecule has 2 N–H and O–H groups in total. The van der Waals surface area contributed by atoms with Gasteiger partial charge in [-0.1, -0.05) is 43.1 Å². The minimum Gasteiger partial charge on any atom is -0.436 e. The third-order valence-electron chi connectivity index (χ3n) is 5.39.